The third-order valence-electron chi connectivity index (χ3n) is 2.47. The Labute approximate surface area is 108 Å². The first kappa shape index (κ1) is 14.3. The van der Waals surface area contributed by atoms with E-state index in [1.54, 1.807) is 12.1 Å². The van der Waals surface area contributed by atoms with E-state index in [0.29, 0.717) is 5.56 Å². The summed E-state index contributed by atoms with van der Waals surface area (Å²) in [4.78, 5) is 10.7. The molecule has 0 aromatic heterocycles. The van der Waals surface area contributed by atoms with Crippen molar-refractivity contribution in [2.45, 2.75) is 31.4 Å². The van der Waals surface area contributed by atoms with E-state index < -0.39 is 14.0 Å². The van der Waals surface area contributed by atoms with Gasteiger partial charge >= 0.3 is 5.97 Å². The molecule has 1 aromatic rings. The van der Waals surface area contributed by atoms with Crippen molar-refractivity contribution >= 4 is 25.8 Å². The minimum atomic E-state index is -0.918. The van der Waals surface area contributed by atoms with E-state index in [9.17, 15) is 4.79 Å². The van der Waals surface area contributed by atoms with Crippen LogP contribution in [-0.4, -0.2) is 24.9 Å². The molecule has 0 unspecified atom stereocenters. The van der Waals surface area contributed by atoms with Gasteiger partial charge in [0.15, 0.2) is 0 Å². The van der Waals surface area contributed by atoms with Crippen LogP contribution >= 0.6 is 11.8 Å². The van der Waals surface area contributed by atoms with Crippen LogP contribution in [0.3, 0.4) is 0 Å². The van der Waals surface area contributed by atoms with Gasteiger partial charge in [0.05, 0.1) is 5.56 Å². The highest BCUT2D eigenvalue weighted by molar-refractivity contribution is 7.98. The summed E-state index contributed by atoms with van der Waals surface area (Å²) in [5.74, 6) is 1.32. The Balaban J connectivity index is 2.35. The molecular weight excluding hydrogens is 248 g/mol. The van der Waals surface area contributed by atoms with E-state index in [0.717, 1.165) is 5.75 Å². The summed E-state index contributed by atoms with van der Waals surface area (Å²) in [5.41, 5.74) is 1.57. The zero-order chi connectivity index (χ0) is 12.9. The summed E-state index contributed by atoms with van der Waals surface area (Å²) in [7, 11) is -0.918. The second-order valence-corrected chi connectivity index (χ2v) is 12.1. The summed E-state index contributed by atoms with van der Waals surface area (Å²) in [5, 5.41) is 8.78. The summed E-state index contributed by atoms with van der Waals surface area (Å²) in [6.07, 6.45) is 0. The molecule has 1 N–H and O–H groups in total. The molecule has 0 atom stereocenters. The van der Waals surface area contributed by atoms with Crippen LogP contribution in [0.1, 0.15) is 15.9 Å². The van der Waals surface area contributed by atoms with Crippen molar-refractivity contribution in [3.63, 3.8) is 0 Å². The molecule has 0 aliphatic rings. The molecule has 0 bridgehead atoms. The highest BCUT2D eigenvalue weighted by atomic mass is 32.2. The molecule has 0 saturated carbocycles. The molecule has 17 heavy (non-hydrogen) atoms. The van der Waals surface area contributed by atoms with E-state index in [2.05, 4.69) is 19.6 Å². The average Bonchev–Trinajstić information content (AvgIpc) is 2.24. The smallest absolute Gasteiger partial charge is 0.335 e. The Morgan fingerprint density at radius 3 is 2.29 bits per heavy atom. The maximum atomic E-state index is 10.7. The van der Waals surface area contributed by atoms with Crippen molar-refractivity contribution in [1.29, 1.82) is 0 Å². The van der Waals surface area contributed by atoms with Crippen molar-refractivity contribution in [2.75, 3.05) is 5.75 Å². The Morgan fingerprint density at radius 2 is 1.82 bits per heavy atom. The van der Waals surface area contributed by atoms with Gasteiger partial charge in [-0.05, 0) is 29.5 Å². The maximum Gasteiger partial charge on any atom is 0.335 e. The van der Waals surface area contributed by atoms with E-state index in [1.807, 2.05) is 23.9 Å². The number of carbonyl (C=O) groups is 1. The van der Waals surface area contributed by atoms with Gasteiger partial charge in [-0.15, -0.1) is 0 Å². The second kappa shape index (κ2) is 6.26. The standard InChI is InChI=1S/C13H20O2SSi/c1-17(2,3)9-8-16-10-11-4-6-12(7-5-11)13(14)15/h4-7H,8-10H2,1-3H3,(H,14,15). The highest BCUT2D eigenvalue weighted by Crippen LogP contribution is 2.18. The number of hydrogen-bond donors (Lipinski definition) is 1. The molecule has 0 heterocycles. The molecule has 0 radical (unpaired) electrons. The number of rotatable bonds is 6. The monoisotopic (exact) mass is 268 g/mol. The fourth-order valence-corrected chi connectivity index (χ4v) is 4.91. The summed E-state index contributed by atoms with van der Waals surface area (Å²) in [6, 6.07) is 8.51. The van der Waals surface area contributed by atoms with Crippen LogP contribution < -0.4 is 0 Å². The third-order valence-corrected chi connectivity index (χ3v) is 5.61. The number of hydrogen-bond acceptors (Lipinski definition) is 2. The SMILES string of the molecule is C[Si](C)(C)CCSCc1ccc(C(=O)O)cc1. The van der Waals surface area contributed by atoms with Gasteiger partial charge in [0.1, 0.15) is 0 Å². The number of carboxylic acids is 1. The van der Waals surface area contributed by atoms with Gasteiger partial charge in [-0.2, -0.15) is 11.8 Å². The van der Waals surface area contributed by atoms with Crippen LogP contribution in [0.15, 0.2) is 24.3 Å². The van der Waals surface area contributed by atoms with Crippen LogP contribution in [0.5, 0.6) is 0 Å². The predicted molar refractivity (Wildman–Crippen MR) is 77.7 cm³/mol. The lowest BCUT2D eigenvalue weighted by Gasteiger charge is -2.14. The van der Waals surface area contributed by atoms with Crippen LogP contribution in [0.4, 0.5) is 0 Å². The molecule has 4 heteroatoms. The third kappa shape index (κ3) is 5.93. The van der Waals surface area contributed by atoms with Crippen molar-refractivity contribution in [3.8, 4) is 0 Å². The van der Waals surface area contributed by atoms with Crippen molar-refractivity contribution < 1.29 is 9.90 Å². The largest absolute Gasteiger partial charge is 0.478 e. The number of carboxylic acid groups (broad SMARTS) is 1. The topological polar surface area (TPSA) is 37.3 Å². The Bertz CT molecular complexity index is 368. The molecule has 0 fully saturated rings. The van der Waals surface area contributed by atoms with Crippen molar-refractivity contribution in [1.82, 2.24) is 0 Å². The van der Waals surface area contributed by atoms with E-state index in [4.69, 9.17) is 5.11 Å². The molecule has 0 aliphatic heterocycles. The van der Waals surface area contributed by atoms with Gasteiger partial charge in [-0.25, -0.2) is 4.79 Å². The lowest BCUT2D eigenvalue weighted by molar-refractivity contribution is 0.0697. The first-order valence-corrected chi connectivity index (χ1v) is 10.6. The molecule has 0 saturated heterocycles. The van der Waals surface area contributed by atoms with Gasteiger partial charge in [0.2, 0.25) is 0 Å². The Morgan fingerprint density at radius 1 is 1.24 bits per heavy atom. The maximum absolute atomic E-state index is 10.7. The Kier molecular flexibility index (Phi) is 5.27. The summed E-state index contributed by atoms with van der Waals surface area (Å²) >= 11 is 1.93. The van der Waals surface area contributed by atoms with Crippen LogP contribution in [0.2, 0.25) is 25.7 Å². The number of thioether (sulfide) groups is 1. The predicted octanol–water partition coefficient (Wildman–Crippen LogP) is 3.96. The quantitative estimate of drug-likeness (QED) is 0.627. The zero-order valence-electron chi connectivity index (χ0n) is 10.7. The average molecular weight is 268 g/mol. The fourth-order valence-electron chi connectivity index (χ4n) is 1.31. The summed E-state index contributed by atoms with van der Waals surface area (Å²) < 4.78 is 0. The minimum absolute atomic E-state index is 0.362. The van der Waals surface area contributed by atoms with Gasteiger partial charge in [-0.1, -0.05) is 31.8 Å². The van der Waals surface area contributed by atoms with E-state index in [-0.39, 0.29) is 0 Å². The fraction of sp³-hybridized carbons (Fsp3) is 0.462. The molecule has 0 spiro atoms. The van der Waals surface area contributed by atoms with E-state index in [1.165, 1.54) is 17.4 Å². The van der Waals surface area contributed by atoms with Gasteiger partial charge in [0.25, 0.3) is 0 Å². The molecule has 2 nitrogen and oxygen atoms in total. The molecular formula is C13H20O2SSi. The van der Waals surface area contributed by atoms with Crippen LogP contribution in [0.25, 0.3) is 0 Å². The first-order valence-electron chi connectivity index (χ1n) is 5.78. The van der Waals surface area contributed by atoms with Gasteiger partial charge in [-0.3, -0.25) is 0 Å². The normalized spacial score (nSPS) is 11.5. The van der Waals surface area contributed by atoms with Crippen molar-refractivity contribution in [2.24, 2.45) is 0 Å². The number of benzene rings is 1. The molecule has 0 amide bonds. The van der Waals surface area contributed by atoms with Gasteiger partial charge in [0, 0.05) is 13.8 Å². The number of aromatic carboxylic acids is 1. The van der Waals surface area contributed by atoms with Gasteiger partial charge < -0.3 is 5.11 Å². The van der Waals surface area contributed by atoms with Crippen molar-refractivity contribution in [3.05, 3.63) is 35.4 Å². The lowest BCUT2D eigenvalue weighted by Crippen LogP contribution is -2.19. The second-order valence-electron chi connectivity index (χ2n) is 5.37. The molecule has 0 aliphatic carbocycles. The van der Waals surface area contributed by atoms with Crippen LogP contribution in [-0.2, 0) is 5.75 Å². The zero-order valence-corrected chi connectivity index (χ0v) is 12.5. The first-order chi connectivity index (χ1) is 7.88. The molecule has 94 valence electrons. The highest BCUT2D eigenvalue weighted by Gasteiger charge is 2.11. The molecule has 1 rings (SSSR count). The Hall–Kier alpha value is -0.743. The minimum Gasteiger partial charge on any atom is -0.478 e. The lowest BCUT2D eigenvalue weighted by atomic mass is 10.1. The van der Waals surface area contributed by atoms with Crippen LogP contribution in [0, 0.1) is 0 Å². The summed E-state index contributed by atoms with van der Waals surface area (Å²) in [6.45, 7) is 7.15. The molecule has 1 aromatic carbocycles. The van der Waals surface area contributed by atoms with E-state index >= 15 is 0 Å².